The average Bonchev–Trinajstić information content (AvgIpc) is 3.44. The van der Waals surface area contributed by atoms with Crippen molar-refractivity contribution in [3.05, 3.63) is 23.3 Å². The monoisotopic (exact) mass is 439 g/mol. The van der Waals surface area contributed by atoms with Crippen LogP contribution in [0.2, 0.25) is 0 Å². The van der Waals surface area contributed by atoms with E-state index in [9.17, 15) is 17.6 Å². The van der Waals surface area contributed by atoms with Gasteiger partial charge in [0.1, 0.15) is 11.1 Å². The van der Waals surface area contributed by atoms with Crippen LogP contribution in [-0.4, -0.2) is 80.2 Å². The third kappa shape index (κ3) is 3.62. The average molecular weight is 440 g/mol. The van der Waals surface area contributed by atoms with E-state index in [1.807, 2.05) is 0 Å². The zero-order valence-electron chi connectivity index (χ0n) is 17.3. The van der Waals surface area contributed by atoms with E-state index in [-0.39, 0.29) is 36.0 Å². The third-order valence-corrected chi connectivity index (χ3v) is 8.04. The van der Waals surface area contributed by atoms with Gasteiger partial charge in [0.05, 0.1) is 24.1 Å². The first kappa shape index (κ1) is 20.9. The number of carbonyl (C=O) groups is 1. The molecule has 0 radical (unpaired) electrons. The summed E-state index contributed by atoms with van der Waals surface area (Å²) in [7, 11) is -2.26. The lowest BCUT2D eigenvalue weighted by Crippen LogP contribution is -2.38. The maximum absolute atomic E-state index is 14.3. The van der Waals surface area contributed by atoms with Crippen LogP contribution < -0.4 is 0 Å². The molecule has 0 spiro atoms. The molecule has 2 saturated heterocycles. The standard InChI is InChI=1S/C18H26FN7O3S/c1-12-17(13(2)23(3)21-12)30(28,29)26-9-14(19)8-15(26)10-25-11-16(20-22-25)18(27)24-6-4-5-7-24/h11,14-15H,4-10H2,1-3H3/t14-,15-/m0/s1. The zero-order valence-corrected chi connectivity index (χ0v) is 18.1. The van der Waals surface area contributed by atoms with Crippen LogP contribution in [0.15, 0.2) is 11.1 Å². The largest absolute Gasteiger partial charge is 0.337 e. The van der Waals surface area contributed by atoms with Crippen molar-refractivity contribution in [2.24, 2.45) is 7.05 Å². The van der Waals surface area contributed by atoms with Crippen molar-refractivity contribution in [3.63, 3.8) is 0 Å². The van der Waals surface area contributed by atoms with E-state index in [1.54, 1.807) is 25.8 Å². The number of aromatic nitrogens is 5. The van der Waals surface area contributed by atoms with Gasteiger partial charge in [-0.05, 0) is 33.1 Å². The highest BCUT2D eigenvalue weighted by Gasteiger charge is 2.42. The van der Waals surface area contributed by atoms with Gasteiger partial charge < -0.3 is 4.90 Å². The number of alkyl halides is 1. The van der Waals surface area contributed by atoms with E-state index in [2.05, 4.69) is 15.4 Å². The van der Waals surface area contributed by atoms with Crippen molar-refractivity contribution in [3.8, 4) is 0 Å². The molecule has 2 aromatic heterocycles. The number of amides is 1. The summed E-state index contributed by atoms with van der Waals surface area (Å²) in [5.74, 6) is -0.181. The fourth-order valence-electron chi connectivity index (χ4n) is 4.32. The first-order chi connectivity index (χ1) is 14.2. The lowest BCUT2D eigenvalue weighted by Gasteiger charge is -2.23. The quantitative estimate of drug-likeness (QED) is 0.678. The lowest BCUT2D eigenvalue weighted by atomic mass is 10.2. The highest BCUT2D eigenvalue weighted by Crippen LogP contribution is 2.31. The number of hydrogen-bond acceptors (Lipinski definition) is 6. The van der Waals surface area contributed by atoms with E-state index in [0.29, 0.717) is 24.5 Å². The Bertz CT molecular complexity index is 1060. The highest BCUT2D eigenvalue weighted by molar-refractivity contribution is 7.89. The minimum absolute atomic E-state index is 0.0624. The smallest absolute Gasteiger partial charge is 0.276 e. The summed E-state index contributed by atoms with van der Waals surface area (Å²) in [4.78, 5) is 14.3. The molecule has 2 fully saturated rings. The second kappa shape index (κ2) is 7.73. The fourth-order valence-corrected chi connectivity index (χ4v) is 6.38. The van der Waals surface area contributed by atoms with Crippen LogP contribution in [-0.2, 0) is 23.6 Å². The Morgan fingerprint density at radius 1 is 1.27 bits per heavy atom. The summed E-state index contributed by atoms with van der Waals surface area (Å²) in [5, 5.41) is 12.1. The van der Waals surface area contributed by atoms with Gasteiger partial charge >= 0.3 is 0 Å². The topological polar surface area (TPSA) is 106 Å². The molecule has 30 heavy (non-hydrogen) atoms. The van der Waals surface area contributed by atoms with Gasteiger partial charge in [0.15, 0.2) is 5.69 Å². The van der Waals surface area contributed by atoms with E-state index >= 15 is 0 Å². The van der Waals surface area contributed by atoms with Gasteiger partial charge in [0.25, 0.3) is 5.91 Å². The Kier molecular flexibility index (Phi) is 5.39. The number of hydrogen-bond donors (Lipinski definition) is 0. The van der Waals surface area contributed by atoms with Gasteiger partial charge in [-0.25, -0.2) is 12.8 Å². The Balaban J connectivity index is 1.56. The van der Waals surface area contributed by atoms with Gasteiger partial charge in [0, 0.05) is 32.7 Å². The van der Waals surface area contributed by atoms with Crippen molar-refractivity contribution in [2.45, 2.75) is 56.8 Å². The molecule has 0 saturated carbocycles. The van der Waals surface area contributed by atoms with Gasteiger partial charge in [-0.15, -0.1) is 5.10 Å². The fraction of sp³-hybridized carbons (Fsp3) is 0.667. The Hall–Kier alpha value is -2.34. The second-order valence-corrected chi connectivity index (χ2v) is 9.84. The SMILES string of the molecule is Cc1nn(C)c(C)c1S(=O)(=O)N1C[C@@H](F)C[C@H]1Cn1cc(C(=O)N2CCCC2)nn1. The minimum Gasteiger partial charge on any atom is -0.337 e. The predicted molar refractivity (Wildman–Crippen MR) is 105 cm³/mol. The number of carbonyl (C=O) groups excluding carboxylic acids is 1. The van der Waals surface area contributed by atoms with Crippen molar-refractivity contribution in [2.75, 3.05) is 19.6 Å². The van der Waals surface area contributed by atoms with E-state index < -0.39 is 22.2 Å². The summed E-state index contributed by atoms with van der Waals surface area (Å²) < 4.78 is 45.1. The molecule has 4 heterocycles. The molecule has 2 atom stereocenters. The molecule has 0 unspecified atom stereocenters. The number of sulfonamides is 1. The summed E-state index contributed by atoms with van der Waals surface area (Å²) in [6.45, 7) is 4.62. The molecular formula is C18H26FN7O3S. The molecule has 2 aliphatic rings. The van der Waals surface area contributed by atoms with Gasteiger partial charge in [0.2, 0.25) is 10.0 Å². The summed E-state index contributed by atoms with van der Waals surface area (Å²) in [6, 6.07) is -0.625. The summed E-state index contributed by atoms with van der Waals surface area (Å²) in [6.07, 6.45) is 2.25. The molecule has 2 aliphatic heterocycles. The molecule has 4 rings (SSSR count). The molecule has 2 aromatic rings. The maximum atomic E-state index is 14.3. The van der Waals surface area contributed by atoms with E-state index in [0.717, 1.165) is 12.8 Å². The third-order valence-electron chi connectivity index (χ3n) is 5.87. The molecular weight excluding hydrogens is 413 g/mol. The first-order valence-corrected chi connectivity index (χ1v) is 11.5. The van der Waals surface area contributed by atoms with Crippen LogP contribution in [0.1, 0.15) is 41.1 Å². The summed E-state index contributed by atoms with van der Waals surface area (Å²) >= 11 is 0. The zero-order chi connectivity index (χ0) is 21.6. The molecule has 0 aliphatic carbocycles. The number of halogens is 1. The van der Waals surface area contributed by atoms with E-state index in [1.165, 1.54) is 19.9 Å². The predicted octanol–water partition coefficient (Wildman–Crippen LogP) is 0.666. The molecule has 0 aromatic carbocycles. The Morgan fingerprint density at radius 2 is 1.97 bits per heavy atom. The second-order valence-electron chi connectivity index (χ2n) is 8.01. The Labute approximate surface area is 174 Å². The normalized spacial score (nSPS) is 22.9. The summed E-state index contributed by atoms with van der Waals surface area (Å²) in [5.41, 5.74) is 1.11. The molecule has 164 valence electrons. The van der Waals surface area contributed by atoms with Crippen LogP contribution in [0.25, 0.3) is 0 Å². The molecule has 0 N–H and O–H groups in total. The van der Waals surface area contributed by atoms with Crippen LogP contribution in [0.3, 0.4) is 0 Å². The van der Waals surface area contributed by atoms with Crippen LogP contribution in [0.5, 0.6) is 0 Å². The Morgan fingerprint density at radius 3 is 2.60 bits per heavy atom. The first-order valence-electron chi connectivity index (χ1n) is 10.0. The van der Waals surface area contributed by atoms with Crippen LogP contribution in [0.4, 0.5) is 4.39 Å². The van der Waals surface area contributed by atoms with Crippen molar-refractivity contribution in [1.82, 2.24) is 34.0 Å². The molecule has 10 nitrogen and oxygen atoms in total. The number of nitrogens with zero attached hydrogens (tertiary/aromatic N) is 7. The minimum atomic E-state index is -3.93. The highest BCUT2D eigenvalue weighted by atomic mass is 32.2. The maximum Gasteiger partial charge on any atom is 0.276 e. The number of aryl methyl sites for hydroxylation is 2. The number of likely N-dealkylation sites (tertiary alicyclic amines) is 1. The molecule has 12 heteroatoms. The van der Waals surface area contributed by atoms with Gasteiger partial charge in [-0.3, -0.25) is 14.2 Å². The van der Waals surface area contributed by atoms with Crippen molar-refractivity contribution < 1.29 is 17.6 Å². The molecule has 1 amide bonds. The lowest BCUT2D eigenvalue weighted by molar-refractivity contribution is 0.0787. The molecule has 0 bridgehead atoms. The van der Waals surface area contributed by atoms with Gasteiger partial charge in [-0.2, -0.15) is 9.40 Å². The number of rotatable bonds is 5. The van der Waals surface area contributed by atoms with Crippen LogP contribution >= 0.6 is 0 Å². The van der Waals surface area contributed by atoms with E-state index in [4.69, 9.17) is 0 Å². The van der Waals surface area contributed by atoms with Gasteiger partial charge in [-0.1, -0.05) is 5.21 Å². The van der Waals surface area contributed by atoms with Crippen molar-refractivity contribution >= 4 is 15.9 Å². The van der Waals surface area contributed by atoms with Crippen molar-refractivity contribution in [1.29, 1.82) is 0 Å². The van der Waals surface area contributed by atoms with Crippen LogP contribution in [0, 0.1) is 13.8 Å².